The van der Waals surface area contributed by atoms with Crippen molar-refractivity contribution in [1.82, 2.24) is 15.2 Å². The summed E-state index contributed by atoms with van der Waals surface area (Å²) in [4.78, 5) is 15.8. The van der Waals surface area contributed by atoms with E-state index in [1.165, 1.54) is 32.1 Å². The molecule has 0 unspecified atom stereocenters. The van der Waals surface area contributed by atoms with Crippen LogP contribution in [0.1, 0.15) is 37.8 Å². The predicted molar refractivity (Wildman–Crippen MR) is 85.7 cm³/mol. The van der Waals surface area contributed by atoms with E-state index in [1.807, 2.05) is 6.07 Å². The van der Waals surface area contributed by atoms with Gasteiger partial charge in [0.15, 0.2) is 5.82 Å². The van der Waals surface area contributed by atoms with Gasteiger partial charge in [-0.1, -0.05) is 32.1 Å². The van der Waals surface area contributed by atoms with Crippen molar-refractivity contribution in [2.45, 2.75) is 38.5 Å². The Morgan fingerprint density at radius 1 is 1.27 bits per heavy atom. The molecule has 2 aromatic rings. The molecule has 0 bridgehead atoms. The van der Waals surface area contributed by atoms with E-state index in [4.69, 9.17) is 0 Å². The van der Waals surface area contributed by atoms with E-state index in [-0.39, 0.29) is 6.03 Å². The number of H-pyrrole nitrogens is 1. The SMILES string of the molecule is O=C(Nc1cccnc1)Nc1cc(CC2CCCCC2)[nH]n1. The quantitative estimate of drug-likeness (QED) is 0.807. The second-order valence-corrected chi connectivity index (χ2v) is 5.81. The summed E-state index contributed by atoms with van der Waals surface area (Å²) in [6, 6.07) is 5.15. The van der Waals surface area contributed by atoms with E-state index in [0.717, 1.165) is 18.0 Å². The number of hydrogen-bond acceptors (Lipinski definition) is 3. The zero-order valence-electron chi connectivity index (χ0n) is 12.5. The monoisotopic (exact) mass is 299 g/mol. The lowest BCUT2D eigenvalue weighted by molar-refractivity contribution is 0.262. The standard InChI is InChI=1S/C16H21N5O/c22-16(18-13-7-4-8-17-11-13)19-15-10-14(20-21-15)9-12-5-2-1-3-6-12/h4,7-8,10-12H,1-3,5-6,9H2,(H3,18,19,20,21,22). The van der Waals surface area contributed by atoms with E-state index in [1.54, 1.807) is 24.5 Å². The number of carbonyl (C=O) groups is 1. The number of aromatic amines is 1. The lowest BCUT2D eigenvalue weighted by Crippen LogP contribution is -2.19. The third-order valence-electron chi connectivity index (χ3n) is 4.03. The van der Waals surface area contributed by atoms with Gasteiger partial charge >= 0.3 is 6.03 Å². The van der Waals surface area contributed by atoms with Crippen LogP contribution in [0.3, 0.4) is 0 Å². The van der Waals surface area contributed by atoms with Crippen LogP contribution >= 0.6 is 0 Å². The van der Waals surface area contributed by atoms with Crippen molar-refractivity contribution in [2.24, 2.45) is 5.92 Å². The molecule has 0 spiro atoms. The second kappa shape index (κ2) is 7.06. The van der Waals surface area contributed by atoms with Gasteiger partial charge in [-0.05, 0) is 24.5 Å². The summed E-state index contributed by atoms with van der Waals surface area (Å²) in [6.07, 6.45) is 10.9. The molecule has 1 saturated carbocycles. The number of anilines is 2. The minimum atomic E-state index is -0.316. The van der Waals surface area contributed by atoms with Crippen molar-refractivity contribution in [2.75, 3.05) is 10.6 Å². The van der Waals surface area contributed by atoms with Gasteiger partial charge in [-0.2, -0.15) is 5.10 Å². The highest BCUT2D eigenvalue weighted by molar-refractivity contribution is 5.98. The number of pyridine rings is 1. The molecule has 0 saturated heterocycles. The number of rotatable bonds is 4. The van der Waals surface area contributed by atoms with Gasteiger partial charge in [0.05, 0.1) is 11.9 Å². The van der Waals surface area contributed by atoms with E-state index in [0.29, 0.717) is 11.5 Å². The highest BCUT2D eigenvalue weighted by atomic mass is 16.2. The Morgan fingerprint density at radius 2 is 2.14 bits per heavy atom. The van der Waals surface area contributed by atoms with Gasteiger partial charge in [0.25, 0.3) is 0 Å². The molecule has 2 amide bonds. The summed E-state index contributed by atoms with van der Waals surface area (Å²) < 4.78 is 0. The molecule has 0 aliphatic heterocycles. The fraction of sp³-hybridized carbons (Fsp3) is 0.438. The highest BCUT2D eigenvalue weighted by Crippen LogP contribution is 2.26. The number of amides is 2. The van der Waals surface area contributed by atoms with Crippen molar-refractivity contribution in [3.05, 3.63) is 36.3 Å². The maximum absolute atomic E-state index is 11.9. The number of nitrogens with zero attached hydrogens (tertiary/aromatic N) is 2. The molecule has 116 valence electrons. The molecule has 0 atom stereocenters. The van der Waals surface area contributed by atoms with E-state index in [9.17, 15) is 4.79 Å². The Labute approximate surface area is 129 Å². The molecular formula is C16H21N5O. The van der Waals surface area contributed by atoms with Gasteiger partial charge in [0, 0.05) is 18.0 Å². The molecule has 0 aromatic carbocycles. The van der Waals surface area contributed by atoms with Gasteiger partial charge in [-0.15, -0.1) is 0 Å². The lowest BCUT2D eigenvalue weighted by Gasteiger charge is -2.20. The molecule has 22 heavy (non-hydrogen) atoms. The van der Waals surface area contributed by atoms with Gasteiger partial charge in [-0.3, -0.25) is 15.4 Å². The number of urea groups is 1. The third kappa shape index (κ3) is 4.07. The first-order chi connectivity index (χ1) is 10.8. The summed E-state index contributed by atoms with van der Waals surface area (Å²) in [7, 11) is 0. The van der Waals surface area contributed by atoms with Crippen LogP contribution in [0, 0.1) is 5.92 Å². The summed E-state index contributed by atoms with van der Waals surface area (Å²) in [6.45, 7) is 0. The third-order valence-corrected chi connectivity index (χ3v) is 4.03. The van der Waals surface area contributed by atoms with Crippen molar-refractivity contribution >= 4 is 17.5 Å². The van der Waals surface area contributed by atoms with Crippen LogP contribution in [0.5, 0.6) is 0 Å². The first-order valence-electron chi connectivity index (χ1n) is 7.82. The fourth-order valence-electron chi connectivity index (χ4n) is 2.95. The zero-order valence-corrected chi connectivity index (χ0v) is 12.5. The molecule has 1 fully saturated rings. The van der Waals surface area contributed by atoms with E-state index >= 15 is 0 Å². The number of hydrogen-bond donors (Lipinski definition) is 3. The van der Waals surface area contributed by atoms with Gasteiger partial charge in [0.2, 0.25) is 0 Å². The molecule has 6 heteroatoms. The number of nitrogens with one attached hydrogen (secondary N) is 3. The Hall–Kier alpha value is -2.37. The maximum Gasteiger partial charge on any atom is 0.324 e. The molecule has 2 aromatic heterocycles. The number of carbonyl (C=O) groups excluding carboxylic acids is 1. The summed E-state index contributed by atoms with van der Waals surface area (Å²) in [5, 5.41) is 12.6. The van der Waals surface area contributed by atoms with Gasteiger partial charge < -0.3 is 5.32 Å². The Bertz CT molecular complexity index is 604. The Kier molecular flexibility index (Phi) is 4.68. The van der Waals surface area contributed by atoms with Crippen LogP contribution in [0.25, 0.3) is 0 Å². The summed E-state index contributed by atoms with van der Waals surface area (Å²) in [5.74, 6) is 1.29. The Balaban J connectivity index is 1.51. The topological polar surface area (TPSA) is 82.7 Å². The maximum atomic E-state index is 11.9. The van der Waals surface area contributed by atoms with E-state index < -0.39 is 0 Å². The minimum Gasteiger partial charge on any atom is -0.306 e. The van der Waals surface area contributed by atoms with Crippen molar-refractivity contribution < 1.29 is 4.79 Å². The first kappa shape index (κ1) is 14.6. The minimum absolute atomic E-state index is 0.316. The van der Waals surface area contributed by atoms with Crippen LogP contribution < -0.4 is 10.6 Å². The molecule has 2 heterocycles. The predicted octanol–water partition coefficient (Wildman–Crippen LogP) is 3.57. The molecule has 6 nitrogen and oxygen atoms in total. The van der Waals surface area contributed by atoms with Crippen LogP contribution in [-0.4, -0.2) is 21.2 Å². The largest absolute Gasteiger partial charge is 0.324 e. The molecule has 1 aliphatic carbocycles. The van der Waals surface area contributed by atoms with Crippen LogP contribution in [0.15, 0.2) is 30.6 Å². The fourth-order valence-corrected chi connectivity index (χ4v) is 2.95. The normalized spacial score (nSPS) is 15.5. The second-order valence-electron chi connectivity index (χ2n) is 5.81. The molecule has 3 N–H and O–H groups in total. The number of aromatic nitrogens is 3. The summed E-state index contributed by atoms with van der Waals surface area (Å²) >= 11 is 0. The van der Waals surface area contributed by atoms with Gasteiger partial charge in [0.1, 0.15) is 0 Å². The van der Waals surface area contributed by atoms with Crippen LogP contribution in [-0.2, 0) is 6.42 Å². The van der Waals surface area contributed by atoms with E-state index in [2.05, 4.69) is 25.8 Å². The molecular weight excluding hydrogens is 278 g/mol. The lowest BCUT2D eigenvalue weighted by atomic mass is 9.86. The Morgan fingerprint density at radius 3 is 2.91 bits per heavy atom. The van der Waals surface area contributed by atoms with Crippen molar-refractivity contribution in [3.8, 4) is 0 Å². The highest BCUT2D eigenvalue weighted by Gasteiger charge is 2.15. The zero-order chi connectivity index (χ0) is 15.2. The molecule has 1 aliphatic rings. The molecule has 0 radical (unpaired) electrons. The van der Waals surface area contributed by atoms with Crippen LogP contribution in [0.2, 0.25) is 0 Å². The average molecular weight is 299 g/mol. The smallest absolute Gasteiger partial charge is 0.306 e. The first-order valence-corrected chi connectivity index (χ1v) is 7.82. The summed E-state index contributed by atoms with van der Waals surface area (Å²) in [5.41, 5.74) is 1.74. The average Bonchev–Trinajstić information content (AvgIpc) is 2.96. The molecule has 3 rings (SSSR count). The van der Waals surface area contributed by atoms with Crippen molar-refractivity contribution in [1.29, 1.82) is 0 Å². The van der Waals surface area contributed by atoms with Gasteiger partial charge in [-0.25, -0.2) is 4.79 Å². The van der Waals surface area contributed by atoms with Crippen LogP contribution in [0.4, 0.5) is 16.3 Å². The van der Waals surface area contributed by atoms with Crippen molar-refractivity contribution in [3.63, 3.8) is 0 Å².